The standard InChI is InChI=1S/C20H27N7O2S.CH5N/c1-3-21-20(28)16-6-7-18(29-16)27-14-23-15-13-22-17(24-19(15)27)5-4-8-25-9-11-26(30-2)12-10-25;1-2/h13-14,16,18H,3,6-12H2,1-2H3,(H,21,28);2H2,1H3. The summed E-state index contributed by atoms with van der Waals surface area (Å²) in [5.41, 5.74) is 5.88. The first-order valence-corrected chi connectivity index (χ1v) is 12.1. The zero-order valence-corrected chi connectivity index (χ0v) is 19.8. The molecule has 2 unspecified atom stereocenters. The molecule has 2 aliphatic rings. The Labute approximate surface area is 193 Å². The molecule has 2 atom stereocenters. The van der Waals surface area contributed by atoms with Crippen molar-refractivity contribution in [3.05, 3.63) is 18.3 Å². The quantitative estimate of drug-likeness (QED) is 0.485. The number of aromatic nitrogens is 4. The summed E-state index contributed by atoms with van der Waals surface area (Å²) in [6.07, 6.45) is 6.23. The van der Waals surface area contributed by atoms with Gasteiger partial charge in [0.25, 0.3) is 0 Å². The first-order valence-electron chi connectivity index (χ1n) is 10.9. The predicted octanol–water partition coefficient (Wildman–Crippen LogP) is 0.462. The largest absolute Gasteiger partial charge is 0.354 e. The van der Waals surface area contributed by atoms with Crippen molar-refractivity contribution in [1.82, 2.24) is 34.0 Å². The minimum absolute atomic E-state index is 0.0658. The number of fused-ring (bicyclic) bond motifs is 1. The molecule has 4 rings (SSSR count). The van der Waals surface area contributed by atoms with Crippen molar-refractivity contribution in [3.63, 3.8) is 0 Å². The van der Waals surface area contributed by atoms with Gasteiger partial charge in [-0.05, 0) is 39.0 Å². The van der Waals surface area contributed by atoms with Crippen LogP contribution in [-0.4, -0.2) is 93.3 Å². The van der Waals surface area contributed by atoms with Crippen molar-refractivity contribution in [2.24, 2.45) is 5.73 Å². The fourth-order valence-corrected chi connectivity index (χ4v) is 4.23. The monoisotopic (exact) mass is 460 g/mol. The number of hydrogen-bond acceptors (Lipinski definition) is 9. The number of likely N-dealkylation sites (N-methyl/N-ethyl adjacent to an activating group) is 1. The lowest BCUT2D eigenvalue weighted by molar-refractivity contribution is -0.133. The molecular formula is C21H32N8O2S. The Morgan fingerprint density at radius 3 is 2.78 bits per heavy atom. The molecule has 2 saturated heterocycles. The van der Waals surface area contributed by atoms with Gasteiger partial charge in [-0.25, -0.2) is 19.3 Å². The molecule has 0 aliphatic carbocycles. The highest BCUT2D eigenvalue weighted by Gasteiger charge is 2.32. The highest BCUT2D eigenvalue weighted by molar-refractivity contribution is 7.96. The van der Waals surface area contributed by atoms with E-state index in [4.69, 9.17) is 4.74 Å². The van der Waals surface area contributed by atoms with Crippen molar-refractivity contribution < 1.29 is 9.53 Å². The average molecular weight is 461 g/mol. The number of ether oxygens (including phenoxy) is 1. The fraction of sp³-hybridized carbons (Fsp3) is 0.619. The number of nitrogens with two attached hydrogens (primary N) is 1. The Hall–Kier alpha value is -2.23. The molecule has 174 valence electrons. The molecule has 0 bridgehead atoms. The maximum absolute atomic E-state index is 12.0. The number of carbonyl (C=O) groups excluding carboxylic acids is 1. The van der Waals surface area contributed by atoms with Gasteiger partial charge in [0, 0.05) is 32.7 Å². The second-order valence-corrected chi connectivity index (χ2v) is 8.18. The normalized spacial score (nSPS) is 21.5. The van der Waals surface area contributed by atoms with Crippen LogP contribution >= 0.6 is 11.9 Å². The van der Waals surface area contributed by atoms with Gasteiger partial charge >= 0.3 is 0 Å². The summed E-state index contributed by atoms with van der Waals surface area (Å²) in [6.45, 7) is 7.37. The zero-order valence-electron chi connectivity index (χ0n) is 19.0. The van der Waals surface area contributed by atoms with Crippen molar-refractivity contribution in [2.75, 3.05) is 52.6 Å². The van der Waals surface area contributed by atoms with Gasteiger partial charge in [-0.3, -0.25) is 14.3 Å². The third-order valence-corrected chi connectivity index (χ3v) is 6.24. The van der Waals surface area contributed by atoms with Crippen LogP contribution in [0.1, 0.15) is 31.8 Å². The summed E-state index contributed by atoms with van der Waals surface area (Å²) in [5, 5.41) is 2.81. The summed E-state index contributed by atoms with van der Waals surface area (Å²) in [7, 11) is 1.50. The topological polar surface area (TPSA) is 114 Å². The molecule has 10 nitrogen and oxygen atoms in total. The van der Waals surface area contributed by atoms with Crippen molar-refractivity contribution in [2.45, 2.75) is 32.1 Å². The number of nitrogens with zero attached hydrogens (tertiary/aromatic N) is 6. The van der Waals surface area contributed by atoms with Crippen LogP contribution in [0.5, 0.6) is 0 Å². The molecule has 11 heteroatoms. The molecule has 0 radical (unpaired) electrons. The van der Waals surface area contributed by atoms with Gasteiger partial charge in [0.1, 0.15) is 17.8 Å². The van der Waals surface area contributed by atoms with E-state index in [1.165, 1.54) is 7.05 Å². The second kappa shape index (κ2) is 12.1. The molecule has 2 aliphatic heterocycles. The lowest BCUT2D eigenvalue weighted by Gasteiger charge is -2.31. The lowest BCUT2D eigenvalue weighted by Crippen LogP contribution is -2.43. The number of piperazine rings is 1. The Bertz CT molecular complexity index is 948. The smallest absolute Gasteiger partial charge is 0.249 e. The SMILES string of the molecule is CCNC(=O)C1CCC(n2cnc3cnc(C#CCN4CCN(SC)CC4)nc32)O1.CN. The van der Waals surface area contributed by atoms with Gasteiger partial charge < -0.3 is 15.8 Å². The zero-order chi connectivity index (χ0) is 22.9. The Morgan fingerprint density at radius 2 is 2.06 bits per heavy atom. The van der Waals surface area contributed by atoms with E-state index in [0.29, 0.717) is 36.5 Å². The van der Waals surface area contributed by atoms with Crippen LogP contribution in [0.4, 0.5) is 0 Å². The summed E-state index contributed by atoms with van der Waals surface area (Å²) >= 11 is 1.80. The molecule has 1 amide bonds. The first-order chi connectivity index (χ1) is 15.7. The molecule has 0 spiro atoms. The van der Waals surface area contributed by atoms with Gasteiger partial charge in [-0.1, -0.05) is 17.9 Å². The Balaban J connectivity index is 0.00000141. The van der Waals surface area contributed by atoms with Crippen LogP contribution in [0, 0.1) is 11.8 Å². The van der Waals surface area contributed by atoms with E-state index in [1.54, 1.807) is 24.5 Å². The molecule has 2 aromatic heterocycles. The molecule has 0 aromatic carbocycles. The average Bonchev–Trinajstić information content (AvgIpc) is 3.48. The lowest BCUT2D eigenvalue weighted by atomic mass is 10.2. The first kappa shape index (κ1) is 24.4. The minimum atomic E-state index is -0.430. The molecule has 32 heavy (non-hydrogen) atoms. The van der Waals surface area contributed by atoms with Gasteiger partial charge in [0.2, 0.25) is 11.7 Å². The maximum atomic E-state index is 12.0. The van der Waals surface area contributed by atoms with E-state index < -0.39 is 6.10 Å². The van der Waals surface area contributed by atoms with E-state index >= 15 is 0 Å². The van der Waals surface area contributed by atoms with Crippen LogP contribution in [0.25, 0.3) is 11.2 Å². The van der Waals surface area contributed by atoms with Gasteiger partial charge in [0.05, 0.1) is 19.1 Å². The minimum Gasteiger partial charge on any atom is -0.354 e. The molecular weight excluding hydrogens is 428 g/mol. The molecule has 0 saturated carbocycles. The van der Waals surface area contributed by atoms with Crippen molar-refractivity contribution >= 4 is 29.0 Å². The molecule has 4 heterocycles. The molecule has 2 fully saturated rings. The number of hydrogen-bond donors (Lipinski definition) is 2. The number of carbonyl (C=O) groups is 1. The molecule has 3 N–H and O–H groups in total. The van der Waals surface area contributed by atoms with Crippen LogP contribution < -0.4 is 11.1 Å². The summed E-state index contributed by atoms with van der Waals surface area (Å²) in [6, 6.07) is 0. The highest BCUT2D eigenvalue weighted by atomic mass is 32.2. The summed E-state index contributed by atoms with van der Waals surface area (Å²) < 4.78 is 10.2. The highest BCUT2D eigenvalue weighted by Crippen LogP contribution is 2.30. The predicted molar refractivity (Wildman–Crippen MR) is 126 cm³/mol. The number of rotatable bonds is 5. The van der Waals surface area contributed by atoms with E-state index in [-0.39, 0.29) is 12.1 Å². The van der Waals surface area contributed by atoms with E-state index in [1.807, 2.05) is 11.5 Å². The summed E-state index contributed by atoms with van der Waals surface area (Å²) in [5.74, 6) is 6.69. The number of nitrogens with one attached hydrogen (secondary N) is 1. The fourth-order valence-electron chi connectivity index (χ4n) is 3.70. The number of amides is 1. The van der Waals surface area contributed by atoms with Gasteiger partial charge in [-0.15, -0.1) is 0 Å². The van der Waals surface area contributed by atoms with Crippen LogP contribution in [0.3, 0.4) is 0 Å². The Morgan fingerprint density at radius 1 is 1.28 bits per heavy atom. The second-order valence-electron chi connectivity index (χ2n) is 7.30. The van der Waals surface area contributed by atoms with Crippen molar-refractivity contribution in [3.8, 4) is 11.8 Å². The third kappa shape index (κ3) is 5.96. The maximum Gasteiger partial charge on any atom is 0.249 e. The third-order valence-electron chi connectivity index (χ3n) is 5.36. The van der Waals surface area contributed by atoms with Crippen LogP contribution in [0.2, 0.25) is 0 Å². The summed E-state index contributed by atoms with van der Waals surface area (Å²) in [4.78, 5) is 27.7. The van der Waals surface area contributed by atoms with E-state index in [0.717, 1.165) is 32.6 Å². The molecule has 2 aromatic rings. The van der Waals surface area contributed by atoms with Crippen LogP contribution in [0.15, 0.2) is 12.5 Å². The van der Waals surface area contributed by atoms with Gasteiger partial charge in [-0.2, -0.15) is 0 Å². The number of imidazole rings is 1. The van der Waals surface area contributed by atoms with E-state index in [2.05, 4.69) is 53.3 Å². The van der Waals surface area contributed by atoms with Crippen molar-refractivity contribution in [1.29, 1.82) is 0 Å². The van der Waals surface area contributed by atoms with Crippen LogP contribution in [-0.2, 0) is 9.53 Å². The van der Waals surface area contributed by atoms with Gasteiger partial charge in [0.15, 0.2) is 5.65 Å². The van der Waals surface area contributed by atoms with E-state index in [9.17, 15) is 4.79 Å². The Kier molecular flexibility index (Phi) is 9.25.